The van der Waals surface area contributed by atoms with Gasteiger partial charge in [0.2, 0.25) is 0 Å². The van der Waals surface area contributed by atoms with E-state index in [0.29, 0.717) is 4.90 Å². The second kappa shape index (κ2) is 8.79. The number of rotatable bonds is 6. The van der Waals surface area contributed by atoms with Crippen molar-refractivity contribution in [3.8, 4) is 0 Å². The number of benzene rings is 2. The largest absolute Gasteiger partial charge is 0.418 e. The average Bonchev–Trinajstić information content (AvgIpc) is 2.57. The number of para-hydroxylation sites is 1. The number of nitrogens with one attached hydrogen (secondary N) is 3. The molecular weight excluding hydrogens is 385 g/mol. The zero-order chi connectivity index (χ0) is 20.9. The maximum Gasteiger partial charge on any atom is 0.418 e. The highest BCUT2D eigenvalue weighted by atomic mass is 19.4. The average molecular weight is 402 g/mol. The van der Waals surface area contributed by atoms with Crippen LogP contribution in [0.15, 0.2) is 42.5 Å². The lowest BCUT2D eigenvalue weighted by molar-refractivity contribution is -0.862. The fourth-order valence-corrected chi connectivity index (χ4v) is 2.42. The van der Waals surface area contributed by atoms with E-state index >= 15 is 0 Å². The second-order valence-electron chi connectivity index (χ2n) is 6.08. The molecule has 2 aromatic rings. The number of alkyl halides is 3. The first-order chi connectivity index (χ1) is 13.1. The summed E-state index contributed by atoms with van der Waals surface area (Å²) in [5, 5.41) is 4.53. The maximum atomic E-state index is 13.1. The van der Waals surface area contributed by atoms with E-state index in [4.69, 9.17) is 0 Å². The topological polar surface area (TPSA) is 62.6 Å². The van der Waals surface area contributed by atoms with Gasteiger partial charge >= 0.3 is 6.18 Å². The Morgan fingerprint density at radius 2 is 1.54 bits per heavy atom. The molecule has 0 saturated heterocycles. The molecule has 0 spiro atoms. The third-order valence-electron chi connectivity index (χ3n) is 3.63. The Balaban J connectivity index is 1.90. The summed E-state index contributed by atoms with van der Waals surface area (Å²) in [5.74, 6) is -3.47. The van der Waals surface area contributed by atoms with Gasteiger partial charge in [-0.25, -0.2) is 8.78 Å². The standard InChI is InChI=1S/C18H16F5N3O2/c1-26(9-16(27)24-11-6-7-13(19)14(20)8-11)10-17(28)25-15-5-3-2-4-12(15)18(21,22)23/h2-8H,9-10H2,1H3,(H,24,27)(H,25,28)/p+1. The van der Waals surface area contributed by atoms with Gasteiger partial charge in [0.25, 0.3) is 11.8 Å². The van der Waals surface area contributed by atoms with E-state index < -0.39 is 35.2 Å². The Kier molecular flexibility index (Phi) is 6.68. The number of likely N-dealkylation sites (N-methyl/N-ethyl adjacent to an activating group) is 1. The number of anilines is 2. The van der Waals surface area contributed by atoms with Crippen LogP contribution in [0.2, 0.25) is 0 Å². The van der Waals surface area contributed by atoms with Crippen LogP contribution in [0.5, 0.6) is 0 Å². The molecule has 0 bridgehead atoms. The van der Waals surface area contributed by atoms with Crippen molar-refractivity contribution in [2.75, 3.05) is 30.8 Å². The molecule has 0 aliphatic heterocycles. The molecule has 0 fully saturated rings. The van der Waals surface area contributed by atoms with Crippen LogP contribution in [-0.4, -0.2) is 32.0 Å². The minimum absolute atomic E-state index is 0.0419. The molecule has 0 heterocycles. The van der Waals surface area contributed by atoms with E-state index in [9.17, 15) is 31.5 Å². The number of halogens is 5. The second-order valence-corrected chi connectivity index (χ2v) is 6.08. The highest BCUT2D eigenvalue weighted by molar-refractivity contribution is 5.93. The van der Waals surface area contributed by atoms with Crippen molar-refractivity contribution in [2.24, 2.45) is 0 Å². The van der Waals surface area contributed by atoms with Crippen molar-refractivity contribution in [3.63, 3.8) is 0 Å². The number of amides is 2. The molecule has 28 heavy (non-hydrogen) atoms. The third kappa shape index (κ3) is 6.02. The molecule has 5 nitrogen and oxygen atoms in total. The highest BCUT2D eigenvalue weighted by Crippen LogP contribution is 2.34. The molecule has 3 N–H and O–H groups in total. The SMILES string of the molecule is C[NH+](CC(=O)Nc1ccc(F)c(F)c1)CC(=O)Nc1ccccc1C(F)(F)F. The number of carbonyl (C=O) groups excluding carboxylic acids is 2. The number of quaternary nitrogens is 1. The lowest BCUT2D eigenvalue weighted by Gasteiger charge is -2.16. The number of carbonyl (C=O) groups is 2. The van der Waals surface area contributed by atoms with Gasteiger partial charge in [-0.3, -0.25) is 9.59 Å². The summed E-state index contributed by atoms with van der Waals surface area (Å²) in [6, 6.07) is 7.38. The van der Waals surface area contributed by atoms with Gasteiger partial charge in [0.1, 0.15) is 0 Å². The molecule has 10 heteroatoms. The van der Waals surface area contributed by atoms with Crippen molar-refractivity contribution < 1.29 is 36.4 Å². The minimum Gasteiger partial charge on any atom is -0.322 e. The van der Waals surface area contributed by atoms with E-state index in [1.165, 1.54) is 25.2 Å². The van der Waals surface area contributed by atoms with Crippen LogP contribution in [0.3, 0.4) is 0 Å². The Hall–Kier alpha value is -3.01. The smallest absolute Gasteiger partial charge is 0.322 e. The van der Waals surface area contributed by atoms with Crippen LogP contribution < -0.4 is 15.5 Å². The Bertz CT molecular complexity index is 871. The van der Waals surface area contributed by atoms with Crippen LogP contribution >= 0.6 is 0 Å². The summed E-state index contributed by atoms with van der Waals surface area (Å²) in [7, 11) is 1.49. The van der Waals surface area contributed by atoms with E-state index in [1.807, 2.05) is 0 Å². The van der Waals surface area contributed by atoms with Gasteiger partial charge in [-0.15, -0.1) is 0 Å². The third-order valence-corrected chi connectivity index (χ3v) is 3.63. The monoisotopic (exact) mass is 402 g/mol. The van der Waals surface area contributed by atoms with Crippen molar-refractivity contribution >= 4 is 23.2 Å². The van der Waals surface area contributed by atoms with Gasteiger partial charge in [0.05, 0.1) is 18.3 Å². The quantitative estimate of drug-likeness (QED) is 0.648. The molecule has 0 saturated carbocycles. The van der Waals surface area contributed by atoms with Crippen LogP contribution in [0.1, 0.15) is 5.56 Å². The first-order valence-corrected chi connectivity index (χ1v) is 8.08. The van der Waals surface area contributed by atoms with E-state index in [2.05, 4.69) is 10.6 Å². The molecule has 1 unspecified atom stereocenters. The summed E-state index contributed by atoms with van der Waals surface area (Å²) < 4.78 is 64.8. The van der Waals surface area contributed by atoms with Gasteiger partial charge in [-0.2, -0.15) is 13.2 Å². The molecule has 2 amide bonds. The molecule has 2 aromatic carbocycles. The van der Waals surface area contributed by atoms with Crippen molar-refractivity contribution in [1.29, 1.82) is 0 Å². The van der Waals surface area contributed by atoms with Gasteiger partial charge < -0.3 is 15.5 Å². The lowest BCUT2D eigenvalue weighted by Crippen LogP contribution is -3.11. The lowest BCUT2D eigenvalue weighted by atomic mass is 10.1. The highest BCUT2D eigenvalue weighted by Gasteiger charge is 2.33. The first kappa shape index (κ1) is 21.3. The summed E-state index contributed by atoms with van der Waals surface area (Å²) in [4.78, 5) is 24.3. The minimum atomic E-state index is -4.62. The Morgan fingerprint density at radius 3 is 2.14 bits per heavy atom. The molecule has 0 aliphatic rings. The molecule has 0 aromatic heterocycles. The van der Waals surface area contributed by atoms with E-state index in [0.717, 1.165) is 24.3 Å². The zero-order valence-electron chi connectivity index (χ0n) is 14.7. The van der Waals surface area contributed by atoms with Crippen LogP contribution in [0.25, 0.3) is 0 Å². The summed E-state index contributed by atoms with van der Waals surface area (Å²) in [6.45, 7) is -0.495. The van der Waals surface area contributed by atoms with E-state index in [1.54, 1.807) is 0 Å². The summed E-state index contributed by atoms with van der Waals surface area (Å²) in [6.07, 6.45) is -4.62. The normalized spacial score (nSPS) is 12.4. The maximum absolute atomic E-state index is 13.1. The van der Waals surface area contributed by atoms with Crippen LogP contribution in [0, 0.1) is 11.6 Å². The molecule has 0 aliphatic carbocycles. The van der Waals surface area contributed by atoms with Crippen molar-refractivity contribution in [3.05, 3.63) is 59.7 Å². The Morgan fingerprint density at radius 1 is 0.929 bits per heavy atom. The van der Waals surface area contributed by atoms with Gasteiger partial charge in [-0.05, 0) is 24.3 Å². The molecular formula is C18H17F5N3O2+. The molecule has 150 valence electrons. The molecule has 2 rings (SSSR count). The molecule has 0 radical (unpaired) electrons. The first-order valence-electron chi connectivity index (χ1n) is 8.08. The fourth-order valence-electron chi connectivity index (χ4n) is 2.42. The van der Waals surface area contributed by atoms with Crippen molar-refractivity contribution in [2.45, 2.75) is 6.18 Å². The van der Waals surface area contributed by atoms with Gasteiger partial charge in [0.15, 0.2) is 24.7 Å². The Labute approximate surface area is 157 Å². The van der Waals surface area contributed by atoms with E-state index in [-0.39, 0.29) is 24.5 Å². The van der Waals surface area contributed by atoms with Crippen molar-refractivity contribution in [1.82, 2.24) is 0 Å². The summed E-state index contributed by atoms with van der Waals surface area (Å²) >= 11 is 0. The predicted molar refractivity (Wildman–Crippen MR) is 91.7 cm³/mol. The van der Waals surface area contributed by atoms with Crippen LogP contribution in [-0.2, 0) is 15.8 Å². The van der Waals surface area contributed by atoms with Gasteiger partial charge in [0, 0.05) is 11.8 Å². The zero-order valence-corrected chi connectivity index (χ0v) is 14.7. The predicted octanol–water partition coefficient (Wildman–Crippen LogP) is 2.08. The molecule has 1 atom stereocenters. The van der Waals surface area contributed by atoms with Gasteiger partial charge in [-0.1, -0.05) is 12.1 Å². The van der Waals surface area contributed by atoms with Crippen LogP contribution in [0.4, 0.5) is 33.3 Å². The fraction of sp³-hybridized carbons (Fsp3) is 0.222. The number of hydrogen-bond donors (Lipinski definition) is 3. The summed E-state index contributed by atoms with van der Waals surface area (Å²) in [5.41, 5.74) is -1.31. The number of hydrogen-bond acceptors (Lipinski definition) is 2.